The Balaban J connectivity index is 1.68. The average Bonchev–Trinajstić information content (AvgIpc) is 2.69. The molecular formula is C23H22Cl2N2O3S. The predicted octanol–water partition coefficient (Wildman–Crippen LogP) is 4.31. The number of hydrogen-bond donors (Lipinski definition) is 1. The van der Waals surface area contributed by atoms with Gasteiger partial charge in [0.1, 0.15) is 10.9 Å². The molecular weight excluding hydrogens is 455 g/mol. The van der Waals surface area contributed by atoms with E-state index in [9.17, 15) is 13.5 Å². The molecule has 1 saturated heterocycles. The summed E-state index contributed by atoms with van der Waals surface area (Å²) in [6.07, 6.45) is 2.68. The summed E-state index contributed by atoms with van der Waals surface area (Å²) in [7, 11) is -3.60. The topological polar surface area (TPSA) is 70.5 Å². The maximum absolute atomic E-state index is 12.6. The van der Waals surface area contributed by atoms with Crippen molar-refractivity contribution in [1.82, 2.24) is 9.88 Å². The van der Waals surface area contributed by atoms with E-state index in [0.717, 1.165) is 17.4 Å². The quantitative estimate of drug-likeness (QED) is 0.573. The van der Waals surface area contributed by atoms with Gasteiger partial charge in [0.2, 0.25) is 0 Å². The van der Waals surface area contributed by atoms with Crippen molar-refractivity contribution < 1.29 is 13.5 Å². The van der Waals surface area contributed by atoms with Crippen LogP contribution in [0.4, 0.5) is 0 Å². The number of sulfone groups is 1. The number of β-amino-alcohol motifs (C(OH)–C–C–N with tert-alkyl or cyclic N) is 1. The molecule has 3 aromatic rings. The molecule has 4 rings (SSSR count). The molecule has 0 aliphatic carbocycles. The van der Waals surface area contributed by atoms with Gasteiger partial charge >= 0.3 is 0 Å². The van der Waals surface area contributed by atoms with Crippen molar-refractivity contribution in [3.63, 3.8) is 0 Å². The van der Waals surface area contributed by atoms with Crippen LogP contribution < -0.4 is 0 Å². The second kappa shape index (κ2) is 8.52. The number of rotatable bonds is 6. The highest BCUT2D eigenvalue weighted by Crippen LogP contribution is 2.44. The molecule has 162 valence electrons. The summed E-state index contributed by atoms with van der Waals surface area (Å²) in [5, 5.41) is 11.5. The van der Waals surface area contributed by atoms with Crippen LogP contribution in [0.2, 0.25) is 10.0 Å². The van der Waals surface area contributed by atoms with Crippen LogP contribution in [0.15, 0.2) is 72.9 Å². The molecule has 1 aromatic heterocycles. The zero-order valence-electron chi connectivity index (χ0n) is 16.8. The molecule has 1 unspecified atom stereocenters. The summed E-state index contributed by atoms with van der Waals surface area (Å²) < 4.78 is 25.2. The third-order valence-electron chi connectivity index (χ3n) is 5.56. The minimum atomic E-state index is -3.60. The van der Waals surface area contributed by atoms with Crippen molar-refractivity contribution in [3.8, 4) is 0 Å². The summed E-state index contributed by atoms with van der Waals surface area (Å²) in [6.45, 7) is 0.356. The van der Waals surface area contributed by atoms with Gasteiger partial charge in [-0.3, -0.25) is 9.88 Å². The molecule has 31 heavy (non-hydrogen) atoms. The van der Waals surface area contributed by atoms with Crippen molar-refractivity contribution in [3.05, 3.63) is 99.8 Å². The maximum Gasteiger partial charge on any atom is 0.158 e. The number of aromatic nitrogens is 1. The molecule has 1 aliphatic heterocycles. The van der Waals surface area contributed by atoms with Gasteiger partial charge in [-0.05, 0) is 47.5 Å². The van der Waals surface area contributed by atoms with Crippen LogP contribution in [0, 0.1) is 0 Å². The zero-order chi connectivity index (χ0) is 22.2. The van der Waals surface area contributed by atoms with Gasteiger partial charge in [0.15, 0.2) is 9.84 Å². The lowest BCUT2D eigenvalue weighted by Crippen LogP contribution is -2.66. The summed E-state index contributed by atoms with van der Waals surface area (Å²) in [6, 6.07) is 19.9. The molecule has 0 radical (unpaired) electrons. The van der Waals surface area contributed by atoms with Gasteiger partial charge < -0.3 is 5.11 Å². The second-order valence-electron chi connectivity index (χ2n) is 7.98. The largest absolute Gasteiger partial charge is 0.385 e. The molecule has 1 atom stereocenters. The van der Waals surface area contributed by atoms with Gasteiger partial charge in [-0.25, -0.2) is 8.42 Å². The Morgan fingerprint density at radius 3 is 1.87 bits per heavy atom. The van der Waals surface area contributed by atoms with Crippen LogP contribution in [0.1, 0.15) is 28.1 Å². The Hall–Kier alpha value is -1.96. The molecule has 2 heterocycles. The number of aliphatic hydroxyl groups is 1. The number of likely N-dealkylation sites (tertiary alicyclic amines) is 1. The van der Waals surface area contributed by atoms with Crippen molar-refractivity contribution in [2.24, 2.45) is 0 Å². The summed E-state index contributed by atoms with van der Waals surface area (Å²) in [5.41, 5.74) is 0.880. The van der Waals surface area contributed by atoms with E-state index in [2.05, 4.69) is 4.98 Å². The fourth-order valence-corrected chi connectivity index (χ4v) is 6.11. The SMILES string of the molecule is CS(=O)(=O)C(c1ccccn1)C1(O)CN(C(c2ccc(Cl)cc2)c2ccc(Cl)cc2)C1. The highest BCUT2D eigenvalue weighted by atomic mass is 35.5. The highest BCUT2D eigenvalue weighted by molar-refractivity contribution is 7.91. The van der Waals surface area contributed by atoms with Crippen LogP contribution in [0.25, 0.3) is 0 Å². The molecule has 1 fully saturated rings. The van der Waals surface area contributed by atoms with E-state index in [1.807, 2.05) is 53.4 Å². The van der Waals surface area contributed by atoms with Crippen molar-refractivity contribution in [2.45, 2.75) is 16.9 Å². The lowest BCUT2D eigenvalue weighted by atomic mass is 9.84. The Bertz CT molecular complexity index is 1100. The van der Waals surface area contributed by atoms with Crippen molar-refractivity contribution in [2.75, 3.05) is 19.3 Å². The first-order chi connectivity index (χ1) is 14.7. The normalized spacial score (nSPS) is 17.3. The van der Waals surface area contributed by atoms with Crippen LogP contribution in [0.5, 0.6) is 0 Å². The van der Waals surface area contributed by atoms with Gasteiger partial charge in [0.05, 0.1) is 11.7 Å². The first-order valence-corrected chi connectivity index (χ1v) is 12.5. The molecule has 0 saturated carbocycles. The van der Waals surface area contributed by atoms with Gasteiger partial charge in [-0.2, -0.15) is 0 Å². The van der Waals surface area contributed by atoms with E-state index in [-0.39, 0.29) is 19.1 Å². The lowest BCUT2D eigenvalue weighted by Gasteiger charge is -2.52. The number of nitrogens with zero attached hydrogens (tertiary/aromatic N) is 2. The van der Waals surface area contributed by atoms with Crippen LogP contribution in [-0.2, 0) is 9.84 Å². The van der Waals surface area contributed by atoms with Gasteiger partial charge in [0.25, 0.3) is 0 Å². The minimum absolute atomic E-state index is 0.178. The third kappa shape index (κ3) is 4.64. The van der Waals surface area contributed by atoms with E-state index < -0.39 is 20.7 Å². The van der Waals surface area contributed by atoms with E-state index >= 15 is 0 Å². The minimum Gasteiger partial charge on any atom is -0.385 e. The molecule has 2 aromatic carbocycles. The third-order valence-corrected chi connectivity index (χ3v) is 7.60. The van der Waals surface area contributed by atoms with Gasteiger partial charge in [-0.1, -0.05) is 53.5 Å². The molecule has 0 amide bonds. The Morgan fingerprint density at radius 2 is 1.45 bits per heavy atom. The first kappa shape index (κ1) is 22.2. The van der Waals surface area contributed by atoms with E-state index in [1.54, 1.807) is 18.2 Å². The van der Waals surface area contributed by atoms with Crippen LogP contribution >= 0.6 is 23.2 Å². The standard InChI is InChI=1S/C23H22Cl2N2O3S/c1-31(29,30)22(20-4-2-3-13-26-20)23(28)14-27(15-23)21(16-5-9-18(24)10-6-16)17-7-11-19(25)12-8-17/h2-13,21-22,28H,14-15H2,1H3. The van der Waals surface area contributed by atoms with Crippen LogP contribution in [-0.4, -0.2) is 48.4 Å². The fourth-order valence-electron chi connectivity index (χ4n) is 4.33. The van der Waals surface area contributed by atoms with Crippen molar-refractivity contribution >= 4 is 33.0 Å². The van der Waals surface area contributed by atoms with Gasteiger partial charge in [0, 0.05) is 35.6 Å². The smallest absolute Gasteiger partial charge is 0.158 e. The van der Waals surface area contributed by atoms with Gasteiger partial charge in [-0.15, -0.1) is 0 Å². The first-order valence-electron chi connectivity index (χ1n) is 9.74. The summed E-state index contributed by atoms with van der Waals surface area (Å²) in [5.74, 6) is 0. The number of hydrogen-bond acceptors (Lipinski definition) is 5. The number of pyridine rings is 1. The maximum atomic E-state index is 12.6. The molecule has 0 bridgehead atoms. The lowest BCUT2D eigenvalue weighted by molar-refractivity contribution is -0.113. The molecule has 5 nitrogen and oxygen atoms in total. The monoisotopic (exact) mass is 476 g/mol. The number of benzene rings is 2. The average molecular weight is 477 g/mol. The second-order valence-corrected chi connectivity index (χ2v) is 11.0. The zero-order valence-corrected chi connectivity index (χ0v) is 19.1. The Kier molecular flexibility index (Phi) is 6.12. The number of halogens is 2. The molecule has 1 aliphatic rings. The van der Waals surface area contributed by atoms with Crippen molar-refractivity contribution in [1.29, 1.82) is 0 Å². The highest BCUT2D eigenvalue weighted by Gasteiger charge is 2.54. The van der Waals surface area contributed by atoms with E-state index in [0.29, 0.717) is 15.7 Å². The Labute approximate surface area is 192 Å². The molecule has 1 N–H and O–H groups in total. The van der Waals surface area contributed by atoms with Crippen LogP contribution in [0.3, 0.4) is 0 Å². The summed E-state index contributed by atoms with van der Waals surface area (Å²) in [4.78, 5) is 6.26. The fraction of sp³-hybridized carbons (Fsp3) is 0.261. The van der Waals surface area contributed by atoms with E-state index in [4.69, 9.17) is 23.2 Å². The molecule has 0 spiro atoms. The summed E-state index contributed by atoms with van der Waals surface area (Å²) >= 11 is 12.1. The van der Waals surface area contributed by atoms with E-state index in [1.165, 1.54) is 6.20 Å². The Morgan fingerprint density at radius 1 is 0.935 bits per heavy atom. The predicted molar refractivity (Wildman–Crippen MR) is 123 cm³/mol. The molecule has 8 heteroatoms.